The average Bonchev–Trinajstić information content (AvgIpc) is 1.88. The SMILES string of the molecule is CCN1CCC(=O)N=C1N. The zero-order valence-electron chi connectivity index (χ0n) is 6.00. The van der Waals surface area contributed by atoms with Crippen molar-refractivity contribution < 1.29 is 4.79 Å². The number of nitrogens with zero attached hydrogens (tertiary/aromatic N) is 2. The fourth-order valence-electron chi connectivity index (χ4n) is 0.920. The molecule has 4 heteroatoms. The highest BCUT2D eigenvalue weighted by Gasteiger charge is 2.14. The van der Waals surface area contributed by atoms with E-state index in [0.717, 1.165) is 6.54 Å². The van der Waals surface area contributed by atoms with Crippen LogP contribution in [-0.4, -0.2) is 29.9 Å². The molecular weight excluding hydrogens is 130 g/mol. The fraction of sp³-hybridized carbons (Fsp3) is 0.667. The third-order valence-corrected chi connectivity index (χ3v) is 1.54. The molecule has 1 heterocycles. The highest BCUT2D eigenvalue weighted by Crippen LogP contribution is 1.99. The number of aliphatic imine (C=N–C) groups is 1. The van der Waals surface area contributed by atoms with Gasteiger partial charge in [-0.1, -0.05) is 0 Å². The number of hydrogen-bond donors (Lipinski definition) is 1. The Kier molecular flexibility index (Phi) is 1.89. The molecule has 0 saturated heterocycles. The van der Waals surface area contributed by atoms with Gasteiger partial charge in [0.25, 0.3) is 5.91 Å². The van der Waals surface area contributed by atoms with Crippen LogP contribution in [0.15, 0.2) is 4.99 Å². The smallest absolute Gasteiger partial charge is 0.250 e. The summed E-state index contributed by atoms with van der Waals surface area (Å²) in [5, 5.41) is 0. The Hall–Kier alpha value is -1.06. The summed E-state index contributed by atoms with van der Waals surface area (Å²) in [6.07, 6.45) is 0.495. The van der Waals surface area contributed by atoms with Gasteiger partial charge in [0.15, 0.2) is 5.96 Å². The lowest BCUT2D eigenvalue weighted by molar-refractivity contribution is -0.118. The Morgan fingerprint density at radius 2 is 2.50 bits per heavy atom. The van der Waals surface area contributed by atoms with Gasteiger partial charge in [-0.2, -0.15) is 4.99 Å². The van der Waals surface area contributed by atoms with Crippen LogP contribution in [0.3, 0.4) is 0 Å². The summed E-state index contributed by atoms with van der Waals surface area (Å²) in [5.41, 5.74) is 5.44. The molecule has 1 amide bonds. The summed E-state index contributed by atoms with van der Waals surface area (Å²) < 4.78 is 0. The number of carbonyl (C=O) groups is 1. The molecule has 1 rings (SSSR count). The molecule has 1 aliphatic rings. The van der Waals surface area contributed by atoms with E-state index < -0.39 is 0 Å². The molecule has 10 heavy (non-hydrogen) atoms. The summed E-state index contributed by atoms with van der Waals surface area (Å²) in [5.74, 6) is 0.251. The summed E-state index contributed by atoms with van der Waals surface area (Å²) in [7, 11) is 0. The van der Waals surface area contributed by atoms with Gasteiger partial charge in [-0.25, -0.2) is 0 Å². The zero-order valence-corrected chi connectivity index (χ0v) is 6.00. The van der Waals surface area contributed by atoms with E-state index in [0.29, 0.717) is 18.9 Å². The van der Waals surface area contributed by atoms with E-state index in [-0.39, 0.29) is 5.91 Å². The quantitative estimate of drug-likeness (QED) is 0.538. The average molecular weight is 141 g/mol. The van der Waals surface area contributed by atoms with Crippen molar-refractivity contribution in [3.8, 4) is 0 Å². The monoisotopic (exact) mass is 141 g/mol. The Bertz CT molecular complexity index is 176. The number of guanidine groups is 1. The second-order valence-electron chi connectivity index (χ2n) is 2.19. The molecule has 0 aromatic rings. The van der Waals surface area contributed by atoms with E-state index in [4.69, 9.17) is 5.73 Å². The van der Waals surface area contributed by atoms with Crippen LogP contribution >= 0.6 is 0 Å². The van der Waals surface area contributed by atoms with Crippen LogP contribution in [0.1, 0.15) is 13.3 Å². The first-order chi connectivity index (χ1) is 4.74. The first-order valence-corrected chi connectivity index (χ1v) is 3.36. The highest BCUT2D eigenvalue weighted by atomic mass is 16.1. The van der Waals surface area contributed by atoms with Gasteiger partial charge in [-0.05, 0) is 6.92 Å². The van der Waals surface area contributed by atoms with Crippen molar-refractivity contribution in [3.05, 3.63) is 0 Å². The molecule has 4 nitrogen and oxygen atoms in total. The van der Waals surface area contributed by atoms with Gasteiger partial charge in [0, 0.05) is 19.5 Å². The van der Waals surface area contributed by atoms with E-state index in [9.17, 15) is 4.79 Å². The van der Waals surface area contributed by atoms with Crippen molar-refractivity contribution in [3.63, 3.8) is 0 Å². The largest absolute Gasteiger partial charge is 0.369 e. The van der Waals surface area contributed by atoms with Gasteiger partial charge in [0.05, 0.1) is 0 Å². The van der Waals surface area contributed by atoms with Crippen molar-refractivity contribution in [1.29, 1.82) is 0 Å². The molecule has 2 N–H and O–H groups in total. The Morgan fingerprint density at radius 3 is 3.00 bits per heavy atom. The van der Waals surface area contributed by atoms with E-state index in [1.54, 1.807) is 0 Å². The maximum absolute atomic E-state index is 10.6. The first kappa shape index (κ1) is 7.05. The molecule has 0 spiro atoms. The molecule has 0 unspecified atom stereocenters. The van der Waals surface area contributed by atoms with Crippen molar-refractivity contribution in [2.75, 3.05) is 13.1 Å². The minimum absolute atomic E-state index is 0.109. The molecule has 0 aliphatic carbocycles. The van der Waals surface area contributed by atoms with Crippen LogP contribution in [0.2, 0.25) is 0 Å². The van der Waals surface area contributed by atoms with E-state index in [1.807, 2.05) is 11.8 Å². The van der Waals surface area contributed by atoms with Crippen LogP contribution in [-0.2, 0) is 4.79 Å². The van der Waals surface area contributed by atoms with Crippen LogP contribution < -0.4 is 5.73 Å². The van der Waals surface area contributed by atoms with E-state index >= 15 is 0 Å². The van der Waals surface area contributed by atoms with Gasteiger partial charge < -0.3 is 10.6 Å². The first-order valence-electron chi connectivity index (χ1n) is 3.36. The molecule has 1 aliphatic heterocycles. The molecule has 0 saturated carbocycles. The Labute approximate surface area is 59.7 Å². The molecule has 0 bridgehead atoms. The van der Waals surface area contributed by atoms with Crippen LogP contribution in [0.25, 0.3) is 0 Å². The van der Waals surface area contributed by atoms with Gasteiger partial charge >= 0.3 is 0 Å². The maximum Gasteiger partial charge on any atom is 0.250 e. The molecule has 0 atom stereocenters. The summed E-state index contributed by atoms with van der Waals surface area (Å²) >= 11 is 0. The van der Waals surface area contributed by atoms with Crippen molar-refractivity contribution in [2.24, 2.45) is 10.7 Å². The second kappa shape index (κ2) is 2.68. The minimum atomic E-state index is -0.109. The molecule has 0 aromatic heterocycles. The zero-order chi connectivity index (χ0) is 7.56. The topological polar surface area (TPSA) is 58.7 Å². The molecule has 56 valence electrons. The molecule has 0 fully saturated rings. The number of nitrogens with two attached hydrogens (primary N) is 1. The van der Waals surface area contributed by atoms with Crippen molar-refractivity contribution in [1.82, 2.24) is 4.90 Å². The third-order valence-electron chi connectivity index (χ3n) is 1.54. The second-order valence-corrected chi connectivity index (χ2v) is 2.19. The van der Waals surface area contributed by atoms with Gasteiger partial charge in [-0.3, -0.25) is 4.79 Å². The lowest BCUT2D eigenvalue weighted by Gasteiger charge is -2.23. The minimum Gasteiger partial charge on any atom is -0.369 e. The maximum atomic E-state index is 10.6. The molecule has 0 aromatic carbocycles. The number of rotatable bonds is 1. The lowest BCUT2D eigenvalue weighted by Crippen LogP contribution is -2.42. The number of carbonyl (C=O) groups excluding carboxylic acids is 1. The summed E-state index contributed by atoms with van der Waals surface area (Å²) in [6, 6.07) is 0. The lowest BCUT2D eigenvalue weighted by atomic mass is 10.3. The predicted octanol–water partition coefficient (Wildman–Crippen LogP) is -0.447. The number of hydrogen-bond acceptors (Lipinski definition) is 3. The predicted molar refractivity (Wildman–Crippen MR) is 38.5 cm³/mol. The molecular formula is C6H11N3O. The fourth-order valence-corrected chi connectivity index (χ4v) is 0.920. The summed E-state index contributed by atoms with van der Waals surface area (Å²) in [4.78, 5) is 16.1. The van der Waals surface area contributed by atoms with Crippen molar-refractivity contribution in [2.45, 2.75) is 13.3 Å². The summed E-state index contributed by atoms with van der Waals surface area (Å²) in [6.45, 7) is 3.52. The van der Waals surface area contributed by atoms with Crippen LogP contribution in [0, 0.1) is 0 Å². The van der Waals surface area contributed by atoms with Gasteiger partial charge in [0.1, 0.15) is 0 Å². The van der Waals surface area contributed by atoms with Gasteiger partial charge in [0.2, 0.25) is 0 Å². The third kappa shape index (κ3) is 1.26. The highest BCUT2D eigenvalue weighted by molar-refractivity contribution is 5.94. The Balaban J connectivity index is 2.67. The Morgan fingerprint density at radius 1 is 1.80 bits per heavy atom. The van der Waals surface area contributed by atoms with E-state index in [2.05, 4.69) is 4.99 Å². The van der Waals surface area contributed by atoms with Crippen LogP contribution in [0.5, 0.6) is 0 Å². The molecule has 0 radical (unpaired) electrons. The van der Waals surface area contributed by atoms with Gasteiger partial charge in [-0.15, -0.1) is 0 Å². The normalized spacial score (nSPS) is 19.1. The standard InChI is InChI=1S/C6H11N3O/c1-2-9-4-3-5(10)8-6(9)7/h2-4H2,1H3,(H2,7,8,10). The van der Waals surface area contributed by atoms with E-state index in [1.165, 1.54) is 0 Å². The van der Waals surface area contributed by atoms with Crippen molar-refractivity contribution >= 4 is 11.9 Å². The number of amides is 1. The van der Waals surface area contributed by atoms with Crippen LogP contribution in [0.4, 0.5) is 0 Å².